The molecule has 3 rings (SSSR count). The number of halogens is 3. The lowest BCUT2D eigenvalue weighted by molar-refractivity contribution is -0.137. The molecule has 1 aromatic heterocycles. The predicted molar refractivity (Wildman–Crippen MR) is 75.9 cm³/mol. The number of imidazole rings is 1. The lowest BCUT2D eigenvalue weighted by Gasteiger charge is -2.07. The summed E-state index contributed by atoms with van der Waals surface area (Å²) in [4.78, 5) is 7.45. The van der Waals surface area contributed by atoms with Crippen LogP contribution in [0.1, 0.15) is 18.1 Å². The van der Waals surface area contributed by atoms with Crippen LogP contribution in [-0.4, -0.2) is 9.97 Å². The van der Waals surface area contributed by atoms with Crippen LogP contribution in [0.2, 0.25) is 0 Å². The minimum Gasteiger partial charge on any atom is -0.338 e. The van der Waals surface area contributed by atoms with Gasteiger partial charge in [0, 0.05) is 5.56 Å². The zero-order valence-corrected chi connectivity index (χ0v) is 11.3. The van der Waals surface area contributed by atoms with E-state index in [-0.39, 0.29) is 0 Å². The van der Waals surface area contributed by atoms with E-state index in [1.54, 1.807) is 6.07 Å². The zero-order chi connectivity index (χ0) is 15.0. The summed E-state index contributed by atoms with van der Waals surface area (Å²) >= 11 is 0. The van der Waals surface area contributed by atoms with Crippen molar-refractivity contribution in [1.29, 1.82) is 0 Å². The number of aromatic amines is 1. The number of hydrogen-bond donors (Lipinski definition) is 1. The van der Waals surface area contributed by atoms with Gasteiger partial charge in [0.15, 0.2) is 0 Å². The fraction of sp³-hybridized carbons (Fsp3) is 0.188. The Balaban J connectivity index is 2.08. The van der Waals surface area contributed by atoms with Crippen molar-refractivity contribution < 1.29 is 13.2 Å². The summed E-state index contributed by atoms with van der Waals surface area (Å²) in [6.07, 6.45) is -3.45. The van der Waals surface area contributed by atoms with E-state index in [1.807, 2.05) is 25.1 Å². The maximum atomic E-state index is 12.8. The minimum atomic E-state index is -4.35. The number of nitrogens with one attached hydrogen (secondary N) is 1. The van der Waals surface area contributed by atoms with E-state index in [9.17, 15) is 13.2 Å². The van der Waals surface area contributed by atoms with Gasteiger partial charge < -0.3 is 4.98 Å². The second-order valence-electron chi connectivity index (χ2n) is 4.87. The number of aryl methyl sites for hydroxylation is 1. The molecule has 0 saturated carbocycles. The number of nitrogens with zero attached hydrogens (tertiary/aromatic N) is 1. The first kappa shape index (κ1) is 13.7. The fourth-order valence-electron chi connectivity index (χ4n) is 2.26. The van der Waals surface area contributed by atoms with Crippen LogP contribution < -0.4 is 0 Å². The highest BCUT2D eigenvalue weighted by molar-refractivity contribution is 5.80. The number of benzene rings is 2. The Morgan fingerprint density at radius 1 is 1.10 bits per heavy atom. The van der Waals surface area contributed by atoms with E-state index >= 15 is 0 Å². The van der Waals surface area contributed by atoms with Crippen molar-refractivity contribution in [2.45, 2.75) is 19.5 Å². The highest BCUT2D eigenvalue weighted by Crippen LogP contribution is 2.32. The lowest BCUT2D eigenvalue weighted by atomic mass is 10.1. The summed E-state index contributed by atoms with van der Waals surface area (Å²) in [5.74, 6) is 0.448. The van der Waals surface area contributed by atoms with Crippen LogP contribution in [0, 0.1) is 0 Å². The van der Waals surface area contributed by atoms with Crippen molar-refractivity contribution >= 4 is 11.0 Å². The van der Waals surface area contributed by atoms with Crippen LogP contribution in [0.3, 0.4) is 0 Å². The molecule has 108 valence electrons. The molecule has 0 radical (unpaired) electrons. The van der Waals surface area contributed by atoms with Gasteiger partial charge >= 0.3 is 6.18 Å². The van der Waals surface area contributed by atoms with Crippen molar-refractivity contribution in [3.63, 3.8) is 0 Å². The molecule has 0 atom stereocenters. The normalized spacial score (nSPS) is 12.0. The van der Waals surface area contributed by atoms with Gasteiger partial charge in [-0.2, -0.15) is 13.2 Å². The third-order valence-electron chi connectivity index (χ3n) is 3.42. The molecule has 0 amide bonds. The van der Waals surface area contributed by atoms with E-state index in [0.717, 1.165) is 35.2 Å². The number of fused-ring (bicyclic) bond motifs is 1. The van der Waals surface area contributed by atoms with Gasteiger partial charge in [0.05, 0.1) is 16.6 Å². The molecule has 0 aliphatic carbocycles. The van der Waals surface area contributed by atoms with Crippen molar-refractivity contribution in [1.82, 2.24) is 9.97 Å². The molecule has 2 nitrogen and oxygen atoms in total. The van der Waals surface area contributed by atoms with Gasteiger partial charge in [0.25, 0.3) is 0 Å². The molecule has 5 heteroatoms. The summed E-state index contributed by atoms with van der Waals surface area (Å²) < 4.78 is 38.3. The smallest absolute Gasteiger partial charge is 0.338 e. The molecule has 2 aromatic carbocycles. The van der Waals surface area contributed by atoms with E-state index in [2.05, 4.69) is 9.97 Å². The van der Waals surface area contributed by atoms with Gasteiger partial charge in [-0.3, -0.25) is 0 Å². The van der Waals surface area contributed by atoms with Gasteiger partial charge in [0.1, 0.15) is 5.82 Å². The van der Waals surface area contributed by atoms with Gasteiger partial charge in [0.2, 0.25) is 0 Å². The van der Waals surface area contributed by atoms with Crippen molar-refractivity contribution in [2.24, 2.45) is 0 Å². The summed E-state index contributed by atoms with van der Waals surface area (Å²) in [7, 11) is 0. The Bertz CT molecular complexity index is 788. The quantitative estimate of drug-likeness (QED) is 0.720. The second-order valence-corrected chi connectivity index (χ2v) is 4.87. The fourth-order valence-corrected chi connectivity index (χ4v) is 2.26. The largest absolute Gasteiger partial charge is 0.416 e. The highest BCUT2D eigenvalue weighted by Gasteiger charge is 2.30. The molecule has 0 unspecified atom stereocenters. The second kappa shape index (κ2) is 4.91. The van der Waals surface area contributed by atoms with Gasteiger partial charge in [-0.05, 0) is 36.2 Å². The summed E-state index contributed by atoms with van der Waals surface area (Å²) in [5.41, 5.74) is 2.50. The Morgan fingerprint density at radius 3 is 2.62 bits per heavy atom. The number of hydrogen-bond acceptors (Lipinski definition) is 1. The van der Waals surface area contributed by atoms with E-state index in [0.29, 0.717) is 11.4 Å². The molecule has 3 aromatic rings. The minimum absolute atomic E-state index is 0.430. The van der Waals surface area contributed by atoms with Crippen molar-refractivity contribution in [2.75, 3.05) is 0 Å². The molecule has 0 aliphatic rings. The van der Waals surface area contributed by atoms with Crippen LogP contribution in [0.15, 0.2) is 42.5 Å². The molecule has 0 spiro atoms. The van der Waals surface area contributed by atoms with Crippen LogP contribution in [-0.2, 0) is 12.6 Å². The summed E-state index contributed by atoms with van der Waals surface area (Å²) in [5, 5.41) is 0. The molecular formula is C16H13F3N2. The lowest BCUT2D eigenvalue weighted by Crippen LogP contribution is -2.04. The predicted octanol–water partition coefficient (Wildman–Crippen LogP) is 4.81. The molecule has 1 N–H and O–H groups in total. The van der Waals surface area contributed by atoms with Gasteiger partial charge in [-0.1, -0.05) is 25.1 Å². The SMILES string of the molecule is CCc1ccc2nc(-c3cccc(C(F)(F)F)c3)[nH]c2c1. The Kier molecular flexibility index (Phi) is 3.20. The number of alkyl halides is 3. The first-order valence-corrected chi connectivity index (χ1v) is 6.63. The average molecular weight is 290 g/mol. The van der Waals surface area contributed by atoms with Crippen molar-refractivity contribution in [3.05, 3.63) is 53.6 Å². The maximum absolute atomic E-state index is 12.8. The first-order chi connectivity index (χ1) is 9.97. The number of rotatable bonds is 2. The van der Waals surface area contributed by atoms with Crippen molar-refractivity contribution in [3.8, 4) is 11.4 Å². The molecular weight excluding hydrogens is 277 g/mol. The first-order valence-electron chi connectivity index (χ1n) is 6.63. The zero-order valence-electron chi connectivity index (χ0n) is 11.3. The molecule has 0 fully saturated rings. The van der Waals surface area contributed by atoms with Crippen LogP contribution in [0.4, 0.5) is 13.2 Å². The monoisotopic (exact) mass is 290 g/mol. The molecule has 1 heterocycles. The maximum Gasteiger partial charge on any atom is 0.416 e. The van der Waals surface area contributed by atoms with Gasteiger partial charge in [-0.25, -0.2) is 4.98 Å². The number of H-pyrrole nitrogens is 1. The summed E-state index contributed by atoms with van der Waals surface area (Å²) in [6, 6.07) is 11.0. The Labute approximate surface area is 119 Å². The molecule has 21 heavy (non-hydrogen) atoms. The van der Waals surface area contributed by atoms with E-state index in [4.69, 9.17) is 0 Å². The summed E-state index contributed by atoms with van der Waals surface area (Å²) in [6.45, 7) is 2.05. The topological polar surface area (TPSA) is 28.7 Å². The Morgan fingerprint density at radius 2 is 1.90 bits per heavy atom. The third-order valence-corrected chi connectivity index (χ3v) is 3.42. The van der Waals surface area contributed by atoms with E-state index in [1.165, 1.54) is 6.07 Å². The van der Waals surface area contributed by atoms with Crippen LogP contribution in [0.5, 0.6) is 0 Å². The standard InChI is InChI=1S/C16H13F3N2/c1-2-10-6-7-13-14(8-10)21-15(20-13)11-4-3-5-12(9-11)16(17,18)19/h3-9H,2H2,1H3,(H,20,21). The molecule has 0 bridgehead atoms. The molecule has 0 aliphatic heterocycles. The average Bonchev–Trinajstić information content (AvgIpc) is 2.89. The Hall–Kier alpha value is -2.30. The highest BCUT2D eigenvalue weighted by atomic mass is 19.4. The van der Waals surface area contributed by atoms with E-state index < -0.39 is 11.7 Å². The van der Waals surface area contributed by atoms with Crippen LogP contribution >= 0.6 is 0 Å². The molecule has 0 saturated heterocycles. The van der Waals surface area contributed by atoms with Crippen LogP contribution in [0.25, 0.3) is 22.4 Å². The number of aromatic nitrogens is 2. The van der Waals surface area contributed by atoms with Gasteiger partial charge in [-0.15, -0.1) is 0 Å². The third kappa shape index (κ3) is 2.63.